The average Bonchev–Trinajstić information content (AvgIpc) is 2.88. The molecule has 1 aromatic carbocycles. The van der Waals surface area contributed by atoms with Gasteiger partial charge in [0.2, 0.25) is 0 Å². The first-order chi connectivity index (χ1) is 9.70. The molecule has 0 unspecified atom stereocenters. The first-order valence-corrected chi connectivity index (χ1v) is 6.16. The molecule has 0 saturated heterocycles. The topological polar surface area (TPSA) is 79.2 Å². The summed E-state index contributed by atoms with van der Waals surface area (Å²) in [7, 11) is 0. The number of hydrogen-bond donors (Lipinski definition) is 3. The fourth-order valence-corrected chi connectivity index (χ4v) is 1.61. The van der Waals surface area contributed by atoms with E-state index < -0.39 is 11.8 Å². The molecule has 1 heterocycles. The minimum atomic E-state index is -0.397. The molecule has 0 spiro atoms. The molecule has 0 atom stereocenters. The summed E-state index contributed by atoms with van der Waals surface area (Å²) in [6.07, 6.45) is 3.43. The number of rotatable bonds is 5. The van der Waals surface area contributed by atoms with Crippen molar-refractivity contribution in [2.24, 2.45) is 0 Å². The van der Waals surface area contributed by atoms with E-state index in [1.807, 2.05) is 0 Å². The van der Waals surface area contributed by atoms with Crippen molar-refractivity contribution < 1.29 is 14.3 Å². The standard InChI is InChI=1S/C13H15FN4O2/c14-11-4-1-2-5-12(11)18-9-10(8-16-18)17-13(20)15-6-3-7-19/h1-2,4-5,8-9,19H,3,6-7H2,(H2,15,17,20). The lowest BCUT2D eigenvalue weighted by Crippen LogP contribution is -2.29. The summed E-state index contributed by atoms with van der Waals surface area (Å²) in [5.74, 6) is -0.394. The molecular weight excluding hydrogens is 263 g/mol. The zero-order chi connectivity index (χ0) is 14.4. The largest absolute Gasteiger partial charge is 0.396 e. The van der Waals surface area contributed by atoms with E-state index in [1.54, 1.807) is 18.2 Å². The van der Waals surface area contributed by atoms with Crippen LogP contribution in [0.4, 0.5) is 14.9 Å². The summed E-state index contributed by atoms with van der Waals surface area (Å²) in [5.41, 5.74) is 0.760. The molecule has 2 rings (SSSR count). The summed E-state index contributed by atoms with van der Waals surface area (Å²) in [6, 6.07) is 5.83. The molecule has 0 aliphatic carbocycles. The zero-order valence-electron chi connectivity index (χ0n) is 10.7. The second-order valence-electron chi connectivity index (χ2n) is 4.08. The van der Waals surface area contributed by atoms with Gasteiger partial charge in [-0.25, -0.2) is 13.9 Å². The van der Waals surface area contributed by atoms with Crippen molar-refractivity contribution in [3.8, 4) is 5.69 Å². The van der Waals surface area contributed by atoms with Crippen LogP contribution in [0.25, 0.3) is 5.69 Å². The Bertz CT molecular complexity index is 585. The van der Waals surface area contributed by atoms with Crippen LogP contribution in [0.1, 0.15) is 6.42 Å². The van der Waals surface area contributed by atoms with Crippen LogP contribution < -0.4 is 10.6 Å². The number of urea groups is 1. The first-order valence-electron chi connectivity index (χ1n) is 6.16. The minimum Gasteiger partial charge on any atom is -0.396 e. The number of benzene rings is 1. The molecule has 6 nitrogen and oxygen atoms in total. The van der Waals surface area contributed by atoms with Crippen molar-refractivity contribution in [3.05, 3.63) is 42.5 Å². The number of amides is 2. The van der Waals surface area contributed by atoms with Gasteiger partial charge >= 0.3 is 6.03 Å². The molecule has 0 saturated carbocycles. The highest BCUT2D eigenvalue weighted by atomic mass is 19.1. The van der Waals surface area contributed by atoms with Crippen LogP contribution >= 0.6 is 0 Å². The van der Waals surface area contributed by atoms with Gasteiger partial charge in [0, 0.05) is 13.2 Å². The molecule has 3 N–H and O–H groups in total. The van der Waals surface area contributed by atoms with Crippen LogP contribution in [0.3, 0.4) is 0 Å². The Balaban J connectivity index is 1.99. The van der Waals surface area contributed by atoms with Crippen LogP contribution in [-0.4, -0.2) is 34.1 Å². The summed E-state index contributed by atoms with van der Waals surface area (Å²) >= 11 is 0. The Kier molecular flexibility index (Phi) is 4.67. The minimum absolute atomic E-state index is 0.0193. The van der Waals surface area contributed by atoms with Gasteiger partial charge in [-0.1, -0.05) is 12.1 Å². The van der Waals surface area contributed by atoms with Crippen molar-refractivity contribution >= 4 is 11.7 Å². The van der Waals surface area contributed by atoms with E-state index >= 15 is 0 Å². The number of carbonyl (C=O) groups is 1. The molecule has 20 heavy (non-hydrogen) atoms. The summed E-state index contributed by atoms with van der Waals surface area (Å²) in [5, 5.41) is 17.7. The molecule has 0 aliphatic rings. The fraction of sp³-hybridized carbons (Fsp3) is 0.231. The third kappa shape index (κ3) is 3.55. The number of halogens is 1. The lowest BCUT2D eigenvalue weighted by molar-refractivity contribution is 0.249. The van der Waals surface area contributed by atoms with E-state index in [2.05, 4.69) is 15.7 Å². The maximum absolute atomic E-state index is 13.6. The van der Waals surface area contributed by atoms with Crippen LogP contribution in [0.2, 0.25) is 0 Å². The van der Waals surface area contributed by atoms with E-state index in [1.165, 1.54) is 23.1 Å². The third-order valence-electron chi connectivity index (χ3n) is 2.56. The van der Waals surface area contributed by atoms with E-state index in [9.17, 15) is 9.18 Å². The summed E-state index contributed by atoms with van der Waals surface area (Å²) in [6.45, 7) is 0.398. The summed E-state index contributed by atoms with van der Waals surface area (Å²) in [4.78, 5) is 11.5. The van der Waals surface area contributed by atoms with Crippen LogP contribution in [0.5, 0.6) is 0 Å². The monoisotopic (exact) mass is 278 g/mol. The van der Waals surface area contributed by atoms with Crippen molar-refractivity contribution in [3.63, 3.8) is 0 Å². The van der Waals surface area contributed by atoms with Crippen LogP contribution in [0, 0.1) is 5.82 Å². The second-order valence-corrected chi connectivity index (χ2v) is 4.08. The summed E-state index contributed by atoms with van der Waals surface area (Å²) < 4.78 is 14.9. The second kappa shape index (κ2) is 6.67. The quantitative estimate of drug-likeness (QED) is 0.725. The number of anilines is 1. The van der Waals surface area contributed by atoms with E-state index in [4.69, 9.17) is 5.11 Å². The molecule has 0 radical (unpaired) electrons. The van der Waals surface area contributed by atoms with E-state index in [0.29, 0.717) is 24.3 Å². The number of carbonyl (C=O) groups excluding carboxylic acids is 1. The predicted octanol–water partition coefficient (Wildman–Crippen LogP) is 1.52. The van der Waals surface area contributed by atoms with Gasteiger partial charge in [0.1, 0.15) is 11.5 Å². The van der Waals surface area contributed by atoms with Gasteiger partial charge in [0.25, 0.3) is 0 Å². The van der Waals surface area contributed by atoms with E-state index in [-0.39, 0.29) is 6.61 Å². The number of aromatic nitrogens is 2. The Labute approximate surface area is 115 Å². The molecule has 0 bridgehead atoms. The number of aliphatic hydroxyl groups is 1. The number of nitrogens with zero attached hydrogens (tertiary/aromatic N) is 2. The molecule has 0 aliphatic heterocycles. The molecule has 0 fully saturated rings. The maximum Gasteiger partial charge on any atom is 0.319 e. The SMILES string of the molecule is O=C(NCCCO)Nc1cnn(-c2ccccc2F)c1. The molecule has 2 aromatic rings. The van der Waals surface area contributed by atoms with Crippen LogP contribution in [0.15, 0.2) is 36.7 Å². The molecule has 2 amide bonds. The number of para-hydroxylation sites is 1. The molecule has 106 valence electrons. The molecule has 1 aromatic heterocycles. The normalized spacial score (nSPS) is 10.3. The average molecular weight is 278 g/mol. The van der Waals surface area contributed by atoms with Gasteiger partial charge in [0.05, 0.1) is 18.1 Å². The number of nitrogens with one attached hydrogen (secondary N) is 2. The first kappa shape index (κ1) is 14.0. The van der Waals surface area contributed by atoms with Crippen molar-refractivity contribution in [2.45, 2.75) is 6.42 Å². The van der Waals surface area contributed by atoms with Gasteiger partial charge in [0.15, 0.2) is 0 Å². The van der Waals surface area contributed by atoms with Crippen LogP contribution in [-0.2, 0) is 0 Å². The van der Waals surface area contributed by atoms with Crippen molar-refractivity contribution in [1.29, 1.82) is 0 Å². The molecular formula is C13H15FN4O2. The molecule has 7 heteroatoms. The fourth-order valence-electron chi connectivity index (χ4n) is 1.61. The highest BCUT2D eigenvalue weighted by molar-refractivity contribution is 5.88. The lowest BCUT2D eigenvalue weighted by atomic mass is 10.3. The van der Waals surface area contributed by atoms with Gasteiger partial charge in [-0.3, -0.25) is 0 Å². The van der Waals surface area contributed by atoms with E-state index in [0.717, 1.165) is 0 Å². The maximum atomic E-state index is 13.6. The Morgan fingerprint density at radius 1 is 1.40 bits per heavy atom. The Morgan fingerprint density at radius 2 is 2.20 bits per heavy atom. The van der Waals surface area contributed by atoms with Gasteiger partial charge < -0.3 is 15.7 Å². The Morgan fingerprint density at radius 3 is 2.95 bits per heavy atom. The highest BCUT2D eigenvalue weighted by Crippen LogP contribution is 2.14. The third-order valence-corrected chi connectivity index (χ3v) is 2.56. The zero-order valence-corrected chi connectivity index (χ0v) is 10.7. The highest BCUT2D eigenvalue weighted by Gasteiger charge is 2.07. The smallest absolute Gasteiger partial charge is 0.319 e. The number of hydrogen-bond acceptors (Lipinski definition) is 3. The van der Waals surface area contributed by atoms with Crippen molar-refractivity contribution in [1.82, 2.24) is 15.1 Å². The van der Waals surface area contributed by atoms with Gasteiger partial charge in [-0.05, 0) is 18.6 Å². The predicted molar refractivity (Wildman–Crippen MR) is 72.2 cm³/mol. The lowest BCUT2D eigenvalue weighted by Gasteiger charge is -2.04. The van der Waals surface area contributed by atoms with Gasteiger partial charge in [-0.15, -0.1) is 0 Å². The Hall–Kier alpha value is -2.41. The number of aliphatic hydroxyl groups excluding tert-OH is 1. The van der Waals surface area contributed by atoms with Crippen molar-refractivity contribution in [2.75, 3.05) is 18.5 Å². The van der Waals surface area contributed by atoms with Gasteiger partial charge in [-0.2, -0.15) is 5.10 Å².